The lowest BCUT2D eigenvalue weighted by atomic mass is 10.0. The van der Waals surface area contributed by atoms with Gasteiger partial charge in [0.15, 0.2) is 0 Å². The molecule has 1 aromatic carbocycles. The van der Waals surface area contributed by atoms with Crippen molar-refractivity contribution >= 4 is 11.3 Å². The molecule has 0 spiro atoms. The van der Waals surface area contributed by atoms with Gasteiger partial charge >= 0.3 is 0 Å². The number of benzene rings is 1. The first-order chi connectivity index (χ1) is 10.1. The van der Waals surface area contributed by atoms with Gasteiger partial charge in [-0.3, -0.25) is 0 Å². The van der Waals surface area contributed by atoms with Crippen molar-refractivity contribution in [3.8, 4) is 5.75 Å². The van der Waals surface area contributed by atoms with Gasteiger partial charge in [0, 0.05) is 24.4 Å². The van der Waals surface area contributed by atoms with Crippen molar-refractivity contribution in [3.63, 3.8) is 0 Å². The Hall–Kier alpha value is -1.32. The second kappa shape index (κ2) is 5.82. The van der Waals surface area contributed by atoms with Crippen molar-refractivity contribution in [1.29, 1.82) is 0 Å². The highest BCUT2D eigenvalue weighted by atomic mass is 32.1. The fourth-order valence-corrected chi connectivity index (χ4v) is 3.88. The molecule has 2 nitrogen and oxygen atoms in total. The molecule has 0 fully saturated rings. The lowest BCUT2D eigenvalue weighted by Gasteiger charge is -2.16. The third kappa shape index (κ3) is 3.30. The first-order valence-electron chi connectivity index (χ1n) is 7.64. The van der Waals surface area contributed by atoms with Crippen molar-refractivity contribution in [1.82, 2.24) is 5.32 Å². The Bertz CT molecular complexity index is 630. The minimum atomic E-state index is -0.0542. The number of hydrogen-bond acceptors (Lipinski definition) is 3. The van der Waals surface area contributed by atoms with Crippen LogP contribution in [-0.2, 0) is 25.9 Å². The number of hydrogen-bond donors (Lipinski definition) is 1. The van der Waals surface area contributed by atoms with E-state index >= 15 is 0 Å². The molecule has 0 bridgehead atoms. The van der Waals surface area contributed by atoms with Crippen LogP contribution >= 0.6 is 11.3 Å². The molecule has 1 aliphatic heterocycles. The quantitative estimate of drug-likeness (QED) is 0.888. The van der Waals surface area contributed by atoms with Crippen LogP contribution in [0.25, 0.3) is 0 Å². The fraction of sp³-hybridized carbons (Fsp3) is 0.444. The van der Waals surface area contributed by atoms with E-state index in [1.54, 1.807) is 0 Å². The predicted octanol–water partition coefficient (Wildman–Crippen LogP) is 4.31. The summed E-state index contributed by atoms with van der Waals surface area (Å²) in [6.07, 6.45) is 2.12. The molecule has 2 heterocycles. The maximum atomic E-state index is 5.92. The van der Waals surface area contributed by atoms with Crippen LogP contribution in [0.4, 0.5) is 0 Å². The third-order valence-corrected chi connectivity index (χ3v) is 4.92. The number of aryl methyl sites for hydroxylation is 1. The molecule has 0 radical (unpaired) electrons. The minimum Gasteiger partial charge on any atom is -0.487 e. The molecule has 0 aliphatic carbocycles. The van der Waals surface area contributed by atoms with Gasteiger partial charge in [0.05, 0.1) is 0 Å². The van der Waals surface area contributed by atoms with Gasteiger partial charge in [-0.15, -0.1) is 11.3 Å². The summed E-state index contributed by atoms with van der Waals surface area (Å²) in [6.45, 7) is 8.38. The first kappa shape index (κ1) is 14.6. The Morgan fingerprint density at radius 2 is 2.10 bits per heavy atom. The summed E-state index contributed by atoms with van der Waals surface area (Å²) < 4.78 is 5.92. The normalized spacial score (nSPS) is 15.8. The summed E-state index contributed by atoms with van der Waals surface area (Å²) in [4.78, 5) is 1.46. The Labute approximate surface area is 131 Å². The number of rotatable bonds is 5. The van der Waals surface area contributed by atoms with E-state index in [0.717, 1.165) is 31.7 Å². The van der Waals surface area contributed by atoms with Crippen molar-refractivity contribution < 1.29 is 4.74 Å². The molecule has 0 saturated heterocycles. The van der Waals surface area contributed by atoms with Crippen LogP contribution < -0.4 is 10.1 Å². The van der Waals surface area contributed by atoms with Crippen LogP contribution in [0, 0.1) is 0 Å². The lowest BCUT2D eigenvalue weighted by Crippen LogP contribution is -2.24. The maximum Gasteiger partial charge on any atom is 0.123 e. The maximum absolute atomic E-state index is 5.92. The zero-order valence-corrected chi connectivity index (χ0v) is 13.8. The molecule has 1 aliphatic rings. The van der Waals surface area contributed by atoms with Crippen LogP contribution in [0.15, 0.2) is 29.6 Å². The molecule has 0 saturated carbocycles. The van der Waals surface area contributed by atoms with E-state index < -0.39 is 0 Å². The molecule has 0 atom stereocenters. The molecule has 1 N–H and O–H groups in total. The highest BCUT2D eigenvalue weighted by Crippen LogP contribution is 2.35. The van der Waals surface area contributed by atoms with Gasteiger partial charge in [-0.2, -0.15) is 0 Å². The Morgan fingerprint density at radius 3 is 2.90 bits per heavy atom. The SMILES string of the molecule is CCc1ccsc1CNCc1ccc2c(c1)CC(C)(C)O2. The van der Waals surface area contributed by atoms with E-state index in [2.05, 4.69) is 55.7 Å². The smallest absolute Gasteiger partial charge is 0.123 e. The largest absolute Gasteiger partial charge is 0.487 e. The van der Waals surface area contributed by atoms with E-state index in [1.807, 2.05) is 11.3 Å². The molecule has 21 heavy (non-hydrogen) atoms. The fourth-order valence-electron chi connectivity index (χ4n) is 2.93. The first-order valence-corrected chi connectivity index (χ1v) is 8.52. The van der Waals surface area contributed by atoms with Crippen molar-refractivity contribution in [2.24, 2.45) is 0 Å². The minimum absolute atomic E-state index is 0.0542. The molecule has 0 amide bonds. The molecule has 3 rings (SSSR count). The van der Waals surface area contributed by atoms with Gasteiger partial charge in [-0.1, -0.05) is 19.1 Å². The summed E-state index contributed by atoms with van der Waals surface area (Å²) in [5.41, 5.74) is 4.09. The van der Waals surface area contributed by atoms with Gasteiger partial charge in [0.2, 0.25) is 0 Å². The van der Waals surface area contributed by atoms with Gasteiger partial charge in [0.25, 0.3) is 0 Å². The van der Waals surface area contributed by atoms with E-state index in [0.29, 0.717) is 0 Å². The Balaban J connectivity index is 1.60. The average molecular weight is 301 g/mol. The van der Waals surface area contributed by atoms with Crippen molar-refractivity contribution in [2.45, 2.75) is 52.3 Å². The van der Waals surface area contributed by atoms with E-state index in [1.165, 1.54) is 21.6 Å². The Morgan fingerprint density at radius 1 is 1.24 bits per heavy atom. The lowest BCUT2D eigenvalue weighted by molar-refractivity contribution is 0.138. The molecular formula is C18H23NOS. The zero-order chi connectivity index (χ0) is 14.9. The zero-order valence-electron chi connectivity index (χ0n) is 13.0. The second-order valence-electron chi connectivity index (χ2n) is 6.31. The van der Waals surface area contributed by atoms with Crippen LogP contribution in [0.1, 0.15) is 42.3 Å². The number of fused-ring (bicyclic) bond motifs is 1. The average Bonchev–Trinajstić information content (AvgIpc) is 3.00. The predicted molar refractivity (Wildman–Crippen MR) is 89.1 cm³/mol. The summed E-state index contributed by atoms with van der Waals surface area (Å²) in [5, 5.41) is 5.75. The summed E-state index contributed by atoms with van der Waals surface area (Å²) in [5.74, 6) is 1.05. The molecule has 1 aromatic heterocycles. The molecular weight excluding hydrogens is 278 g/mol. The second-order valence-corrected chi connectivity index (χ2v) is 7.31. The number of ether oxygens (including phenoxy) is 1. The molecule has 112 valence electrons. The summed E-state index contributed by atoms with van der Waals surface area (Å²) in [6, 6.07) is 8.80. The van der Waals surface area contributed by atoms with Crippen LogP contribution in [0.3, 0.4) is 0 Å². The van der Waals surface area contributed by atoms with Crippen LogP contribution in [0.2, 0.25) is 0 Å². The number of nitrogens with one attached hydrogen (secondary N) is 1. The number of thiophene rings is 1. The third-order valence-electron chi connectivity index (χ3n) is 3.96. The molecule has 2 aromatic rings. The van der Waals surface area contributed by atoms with E-state index in [-0.39, 0.29) is 5.60 Å². The van der Waals surface area contributed by atoms with Crippen molar-refractivity contribution in [3.05, 3.63) is 51.2 Å². The molecule has 0 unspecified atom stereocenters. The van der Waals surface area contributed by atoms with E-state index in [4.69, 9.17) is 4.74 Å². The molecule has 3 heteroatoms. The van der Waals surface area contributed by atoms with Crippen molar-refractivity contribution in [2.75, 3.05) is 0 Å². The Kier molecular flexibility index (Phi) is 4.05. The highest BCUT2D eigenvalue weighted by Gasteiger charge is 2.29. The van der Waals surface area contributed by atoms with Crippen LogP contribution in [0.5, 0.6) is 5.75 Å². The summed E-state index contributed by atoms with van der Waals surface area (Å²) >= 11 is 1.85. The van der Waals surface area contributed by atoms with Gasteiger partial charge < -0.3 is 10.1 Å². The van der Waals surface area contributed by atoms with Gasteiger partial charge in [-0.05, 0) is 54.5 Å². The van der Waals surface area contributed by atoms with Crippen LogP contribution in [-0.4, -0.2) is 5.60 Å². The standard InChI is InChI=1S/C18H23NOS/c1-4-14-7-8-21-17(14)12-19-11-13-5-6-16-15(9-13)10-18(2,3)20-16/h5-9,19H,4,10-12H2,1-3H3. The monoisotopic (exact) mass is 301 g/mol. The van der Waals surface area contributed by atoms with E-state index in [9.17, 15) is 0 Å². The van der Waals surface area contributed by atoms with Gasteiger partial charge in [-0.25, -0.2) is 0 Å². The summed E-state index contributed by atoms with van der Waals surface area (Å²) in [7, 11) is 0. The van der Waals surface area contributed by atoms with Gasteiger partial charge in [0.1, 0.15) is 11.4 Å². The highest BCUT2D eigenvalue weighted by molar-refractivity contribution is 7.10. The topological polar surface area (TPSA) is 21.3 Å².